The minimum absolute atomic E-state index is 0.0710. The standard InChI is InChI=1S/C15H19FO4/c1-4-8-15(2,9-12(17)14(18)19)10-6-5-7-11(16)13(10)20-3/h5-7H,4,8-9H2,1-3H3,(H,18,19). The van der Waals surface area contributed by atoms with Crippen molar-refractivity contribution in [2.45, 2.75) is 38.5 Å². The molecular weight excluding hydrogens is 263 g/mol. The largest absolute Gasteiger partial charge is 0.493 e. The first-order valence-corrected chi connectivity index (χ1v) is 6.44. The van der Waals surface area contributed by atoms with Gasteiger partial charge in [0.1, 0.15) is 0 Å². The quantitative estimate of drug-likeness (QED) is 0.781. The molecule has 0 aliphatic carbocycles. The second-order valence-electron chi connectivity index (χ2n) is 5.04. The number of halogens is 1. The number of Topliss-reactive ketones (excluding diaryl/α,β-unsaturated/α-hetero) is 1. The second-order valence-corrected chi connectivity index (χ2v) is 5.04. The number of carboxylic acids is 1. The van der Waals surface area contributed by atoms with Gasteiger partial charge in [-0.2, -0.15) is 0 Å². The number of para-hydroxylation sites is 1. The van der Waals surface area contributed by atoms with E-state index in [4.69, 9.17) is 9.84 Å². The number of carboxylic acid groups (broad SMARTS) is 1. The SMILES string of the molecule is CCCC(C)(CC(=O)C(=O)O)c1cccc(F)c1OC. The number of hydrogen-bond acceptors (Lipinski definition) is 3. The number of methoxy groups -OCH3 is 1. The van der Waals surface area contributed by atoms with Gasteiger partial charge in [0.2, 0.25) is 5.78 Å². The van der Waals surface area contributed by atoms with Crippen LogP contribution in [0.2, 0.25) is 0 Å². The van der Waals surface area contributed by atoms with Crippen LogP contribution in [0.15, 0.2) is 18.2 Å². The van der Waals surface area contributed by atoms with E-state index in [1.165, 1.54) is 19.2 Å². The van der Waals surface area contributed by atoms with E-state index in [2.05, 4.69) is 0 Å². The molecular formula is C15H19FO4. The van der Waals surface area contributed by atoms with E-state index in [1.54, 1.807) is 13.0 Å². The van der Waals surface area contributed by atoms with Gasteiger partial charge in [-0.3, -0.25) is 4.79 Å². The summed E-state index contributed by atoms with van der Waals surface area (Å²) in [6.45, 7) is 3.68. The van der Waals surface area contributed by atoms with Crippen LogP contribution in [0.4, 0.5) is 4.39 Å². The molecule has 110 valence electrons. The van der Waals surface area contributed by atoms with Crippen LogP contribution in [0.1, 0.15) is 38.7 Å². The highest BCUT2D eigenvalue weighted by Crippen LogP contribution is 2.39. The van der Waals surface area contributed by atoms with E-state index in [1.807, 2.05) is 6.92 Å². The summed E-state index contributed by atoms with van der Waals surface area (Å²) in [5.74, 6) is -2.80. The zero-order chi connectivity index (χ0) is 15.3. The maximum absolute atomic E-state index is 13.8. The van der Waals surface area contributed by atoms with Gasteiger partial charge in [0.15, 0.2) is 11.6 Å². The molecule has 0 saturated heterocycles. The van der Waals surface area contributed by atoms with E-state index in [0.717, 1.165) is 6.42 Å². The first kappa shape index (κ1) is 16.1. The number of ketones is 1. The van der Waals surface area contributed by atoms with Gasteiger partial charge in [-0.05, 0) is 12.5 Å². The molecule has 1 unspecified atom stereocenters. The molecule has 0 bridgehead atoms. The number of hydrogen-bond donors (Lipinski definition) is 1. The summed E-state index contributed by atoms with van der Waals surface area (Å²) >= 11 is 0. The summed E-state index contributed by atoms with van der Waals surface area (Å²) in [4.78, 5) is 22.3. The number of carbonyl (C=O) groups is 2. The third kappa shape index (κ3) is 3.35. The topological polar surface area (TPSA) is 63.6 Å². The van der Waals surface area contributed by atoms with Gasteiger partial charge in [0.05, 0.1) is 7.11 Å². The van der Waals surface area contributed by atoms with Gasteiger partial charge in [0, 0.05) is 17.4 Å². The van der Waals surface area contributed by atoms with Crippen LogP contribution >= 0.6 is 0 Å². The van der Waals surface area contributed by atoms with Crippen molar-refractivity contribution in [1.82, 2.24) is 0 Å². The summed E-state index contributed by atoms with van der Waals surface area (Å²) in [5, 5.41) is 8.79. The molecule has 0 saturated carbocycles. The number of benzene rings is 1. The number of carbonyl (C=O) groups excluding carboxylic acids is 1. The molecule has 0 fully saturated rings. The molecule has 1 atom stereocenters. The van der Waals surface area contributed by atoms with Crippen molar-refractivity contribution in [2.75, 3.05) is 7.11 Å². The van der Waals surface area contributed by atoms with Gasteiger partial charge in [-0.1, -0.05) is 32.4 Å². The van der Waals surface area contributed by atoms with Crippen molar-refractivity contribution >= 4 is 11.8 Å². The number of aliphatic carboxylic acids is 1. The smallest absolute Gasteiger partial charge is 0.372 e. The van der Waals surface area contributed by atoms with Gasteiger partial charge in [-0.15, -0.1) is 0 Å². The molecule has 0 amide bonds. The summed E-state index contributed by atoms with van der Waals surface area (Å²) in [7, 11) is 1.35. The normalized spacial score (nSPS) is 13.6. The van der Waals surface area contributed by atoms with Crippen LogP contribution in [-0.2, 0) is 15.0 Å². The minimum atomic E-state index is -1.47. The third-order valence-corrected chi connectivity index (χ3v) is 3.41. The Labute approximate surface area is 117 Å². The molecule has 0 spiro atoms. The van der Waals surface area contributed by atoms with Crippen LogP contribution in [0.3, 0.4) is 0 Å². The lowest BCUT2D eigenvalue weighted by Gasteiger charge is -2.30. The Hall–Kier alpha value is -1.91. The molecule has 20 heavy (non-hydrogen) atoms. The van der Waals surface area contributed by atoms with Crippen LogP contribution < -0.4 is 4.74 Å². The average Bonchev–Trinajstić information content (AvgIpc) is 2.38. The van der Waals surface area contributed by atoms with E-state index < -0.39 is 23.0 Å². The average molecular weight is 282 g/mol. The molecule has 4 nitrogen and oxygen atoms in total. The van der Waals surface area contributed by atoms with Crippen molar-refractivity contribution in [3.05, 3.63) is 29.6 Å². The second kappa shape index (κ2) is 6.50. The monoisotopic (exact) mass is 282 g/mol. The number of ether oxygens (including phenoxy) is 1. The Morgan fingerprint density at radius 2 is 2.05 bits per heavy atom. The molecule has 1 aromatic carbocycles. The van der Waals surface area contributed by atoms with Crippen LogP contribution in [0, 0.1) is 5.82 Å². The lowest BCUT2D eigenvalue weighted by atomic mass is 9.74. The molecule has 1 N–H and O–H groups in total. The van der Waals surface area contributed by atoms with Gasteiger partial charge in [0.25, 0.3) is 0 Å². The maximum atomic E-state index is 13.8. The lowest BCUT2D eigenvalue weighted by Crippen LogP contribution is -2.29. The Morgan fingerprint density at radius 3 is 2.55 bits per heavy atom. The first-order valence-electron chi connectivity index (χ1n) is 6.44. The first-order chi connectivity index (χ1) is 9.35. The lowest BCUT2D eigenvalue weighted by molar-refractivity contribution is -0.149. The zero-order valence-electron chi connectivity index (χ0n) is 11.9. The Bertz CT molecular complexity index is 513. The van der Waals surface area contributed by atoms with Crippen molar-refractivity contribution in [2.24, 2.45) is 0 Å². The Kier molecular flexibility index (Phi) is 5.25. The number of rotatable bonds is 7. The summed E-state index contributed by atoms with van der Waals surface area (Å²) < 4.78 is 18.9. The molecule has 0 radical (unpaired) electrons. The highest BCUT2D eigenvalue weighted by Gasteiger charge is 2.34. The van der Waals surface area contributed by atoms with Gasteiger partial charge >= 0.3 is 5.97 Å². The predicted molar refractivity (Wildman–Crippen MR) is 72.5 cm³/mol. The molecule has 0 aliphatic heterocycles. The van der Waals surface area contributed by atoms with E-state index in [9.17, 15) is 14.0 Å². The Morgan fingerprint density at radius 1 is 1.40 bits per heavy atom. The molecule has 0 heterocycles. The highest BCUT2D eigenvalue weighted by molar-refractivity contribution is 6.32. The minimum Gasteiger partial charge on any atom is -0.493 e. The molecule has 0 aromatic heterocycles. The van der Waals surface area contributed by atoms with Crippen LogP contribution in [0.5, 0.6) is 5.75 Å². The van der Waals surface area contributed by atoms with Gasteiger partial charge in [-0.25, -0.2) is 9.18 Å². The molecule has 1 aromatic rings. The van der Waals surface area contributed by atoms with Gasteiger partial charge < -0.3 is 9.84 Å². The molecule has 0 aliphatic rings. The summed E-state index contributed by atoms with van der Waals surface area (Å²) in [6, 6.07) is 4.48. The summed E-state index contributed by atoms with van der Waals surface area (Å²) in [5.41, 5.74) is -0.242. The maximum Gasteiger partial charge on any atom is 0.372 e. The fraction of sp³-hybridized carbons (Fsp3) is 0.467. The van der Waals surface area contributed by atoms with Crippen molar-refractivity contribution in [1.29, 1.82) is 0 Å². The fourth-order valence-electron chi connectivity index (χ4n) is 2.49. The van der Waals surface area contributed by atoms with Crippen LogP contribution in [-0.4, -0.2) is 24.0 Å². The fourth-order valence-corrected chi connectivity index (χ4v) is 2.49. The predicted octanol–water partition coefficient (Wildman–Crippen LogP) is 2.94. The van der Waals surface area contributed by atoms with Crippen molar-refractivity contribution in [3.8, 4) is 5.75 Å². The van der Waals surface area contributed by atoms with E-state index in [-0.39, 0.29) is 12.2 Å². The molecule has 1 rings (SSSR count). The van der Waals surface area contributed by atoms with E-state index in [0.29, 0.717) is 12.0 Å². The van der Waals surface area contributed by atoms with Crippen molar-refractivity contribution < 1.29 is 23.8 Å². The zero-order valence-corrected chi connectivity index (χ0v) is 11.9. The summed E-state index contributed by atoms with van der Waals surface area (Å²) in [6.07, 6.45) is 1.12. The Balaban J connectivity index is 3.28. The van der Waals surface area contributed by atoms with Crippen molar-refractivity contribution in [3.63, 3.8) is 0 Å². The van der Waals surface area contributed by atoms with Crippen LogP contribution in [0.25, 0.3) is 0 Å². The van der Waals surface area contributed by atoms with E-state index >= 15 is 0 Å². The highest BCUT2D eigenvalue weighted by atomic mass is 19.1. The third-order valence-electron chi connectivity index (χ3n) is 3.41. The molecule has 5 heteroatoms.